The van der Waals surface area contributed by atoms with Crippen LogP contribution in [-0.4, -0.2) is 103 Å². The zero-order valence-corrected chi connectivity index (χ0v) is 26.1. The minimum absolute atomic E-state index is 0.0807. The normalized spacial score (nSPS) is 41.3. The average Bonchev–Trinajstić information content (AvgIpc) is 3.69. The highest BCUT2D eigenvalue weighted by Crippen LogP contribution is 2.62. The molecular weight excluding hydrogens is 670 g/mol. The Morgan fingerprint density at radius 2 is 1.46 bits per heavy atom. The largest absolute Gasteiger partial charge is 0.472 e. The molecule has 5 aliphatic rings. The second-order valence-electron chi connectivity index (χ2n) is 11.6. The van der Waals surface area contributed by atoms with Crippen molar-refractivity contribution in [2.24, 2.45) is 17.8 Å². The molecule has 2 aliphatic heterocycles. The third-order valence-electron chi connectivity index (χ3n) is 9.22. The van der Waals surface area contributed by atoms with Crippen molar-refractivity contribution >= 4 is 60.3 Å². The Balaban J connectivity index is 1.14. The number of phosphoric acid groups is 1. The predicted molar refractivity (Wildman–Crippen MR) is 157 cm³/mol. The van der Waals surface area contributed by atoms with E-state index >= 15 is 0 Å². The van der Waals surface area contributed by atoms with Crippen LogP contribution in [0.25, 0.3) is 22.3 Å². The molecule has 0 spiro atoms. The fourth-order valence-corrected chi connectivity index (χ4v) is 9.49. The molecule has 23 heteroatoms. The Morgan fingerprint density at radius 1 is 0.804 bits per heavy atom. The van der Waals surface area contributed by atoms with E-state index in [4.69, 9.17) is 46.1 Å². The van der Waals surface area contributed by atoms with E-state index < -0.39 is 75.8 Å². The molecule has 0 aromatic carbocycles. The average molecular weight is 699 g/mol. The van der Waals surface area contributed by atoms with Crippen LogP contribution >= 0.6 is 14.5 Å². The number of nitrogen functional groups attached to an aromatic ring is 2. The van der Waals surface area contributed by atoms with Gasteiger partial charge in [-0.15, -0.1) is 0 Å². The van der Waals surface area contributed by atoms with Crippen LogP contribution in [0.3, 0.4) is 0 Å². The number of aliphatic hydroxyl groups excluding tert-OH is 2. The van der Waals surface area contributed by atoms with Crippen LogP contribution in [0.5, 0.6) is 0 Å². The molecule has 20 nitrogen and oxygen atoms in total. The monoisotopic (exact) mass is 698 g/mol. The van der Waals surface area contributed by atoms with Gasteiger partial charge < -0.3 is 49.8 Å². The van der Waals surface area contributed by atoms with Crippen LogP contribution in [0.4, 0.5) is 11.6 Å². The molecule has 9 rings (SSSR count). The summed E-state index contributed by atoms with van der Waals surface area (Å²) in [4.78, 5) is 46.9. The second kappa shape index (κ2) is 10.9. The molecule has 12 atom stereocenters. The topological polar surface area (TPSA) is 283 Å². The lowest BCUT2D eigenvalue weighted by atomic mass is 9.53. The van der Waals surface area contributed by atoms with Gasteiger partial charge in [0, 0.05) is 0 Å². The molecular formula is C23H28N10O10P2S. The fraction of sp³-hybridized carbons (Fsp3) is 0.565. The highest BCUT2D eigenvalue weighted by atomic mass is 32.5. The van der Waals surface area contributed by atoms with Gasteiger partial charge in [0.15, 0.2) is 29.2 Å². The fourth-order valence-electron chi connectivity index (χ4n) is 7.07. The number of nitrogens with two attached hydrogens (primary N) is 2. The first-order chi connectivity index (χ1) is 21.9. The maximum atomic E-state index is 13.4. The number of aliphatic hydroxyl groups is 2. The van der Waals surface area contributed by atoms with E-state index in [1.807, 2.05) is 0 Å². The summed E-state index contributed by atoms with van der Waals surface area (Å²) in [6.07, 6.45) is -2.15. The molecule has 4 aromatic rings. The molecule has 4 aromatic heterocycles. The number of hydrogen-bond donors (Lipinski definition) is 6. The number of nitrogens with zero attached hydrogens (tertiary/aromatic N) is 8. The summed E-state index contributed by atoms with van der Waals surface area (Å²) < 4.78 is 45.1. The number of rotatable bonds is 2. The smallest absolute Gasteiger partial charge is 0.388 e. The first kappa shape index (κ1) is 30.5. The highest BCUT2D eigenvalue weighted by Gasteiger charge is 2.61. The number of hydrogen-bond acceptors (Lipinski definition) is 17. The minimum Gasteiger partial charge on any atom is -0.388 e. The van der Waals surface area contributed by atoms with E-state index in [2.05, 4.69) is 29.9 Å². The van der Waals surface area contributed by atoms with Crippen molar-refractivity contribution in [3.05, 3.63) is 25.3 Å². The number of imidazole rings is 2. The zero-order valence-electron chi connectivity index (χ0n) is 23.5. The summed E-state index contributed by atoms with van der Waals surface area (Å²) in [5.74, 6) is -0.976. The molecule has 0 amide bonds. The van der Waals surface area contributed by atoms with Gasteiger partial charge in [0.25, 0.3) is 0 Å². The molecule has 46 heavy (non-hydrogen) atoms. The van der Waals surface area contributed by atoms with Gasteiger partial charge in [0.2, 0.25) is 0 Å². The molecule has 6 bridgehead atoms. The van der Waals surface area contributed by atoms with Crippen LogP contribution in [-0.2, 0) is 39.2 Å². The first-order valence-corrected chi connectivity index (χ1v) is 18.2. The van der Waals surface area contributed by atoms with E-state index in [0.717, 1.165) is 0 Å². The van der Waals surface area contributed by atoms with Crippen molar-refractivity contribution in [1.82, 2.24) is 39.0 Å². The van der Waals surface area contributed by atoms with Gasteiger partial charge in [-0.05, 0) is 36.0 Å². The molecule has 5 fully saturated rings. The summed E-state index contributed by atoms with van der Waals surface area (Å²) in [5.41, 5.74) is 13.0. The van der Waals surface area contributed by atoms with Crippen molar-refractivity contribution in [3.63, 3.8) is 0 Å². The molecule has 2 unspecified atom stereocenters. The second-order valence-corrected chi connectivity index (χ2v) is 15.8. The number of fused-ring (bicyclic) bond motifs is 5. The molecule has 246 valence electrons. The molecule has 3 aliphatic carbocycles. The Labute approximate surface area is 263 Å². The minimum atomic E-state index is -4.87. The Hall–Kier alpha value is -2.78. The predicted octanol–water partition coefficient (Wildman–Crippen LogP) is -0.609. The quantitative estimate of drug-likeness (QED) is 0.142. The number of ether oxygens (including phenoxy) is 1. The van der Waals surface area contributed by atoms with E-state index in [-0.39, 0.29) is 35.3 Å². The SMILES string of the molecule is Nc1ncnc2c1ncn2[C@H]1[C@H](O)[C@@H]2OP(O)(=S)OC[C@H]3O[C@@H](n4cnc5c(N)ncnc54)[C@H](OP(=O)(O)OC[C@@H]4[C@@H]2C[C@@H]41)[C@@H]3O. The van der Waals surface area contributed by atoms with Crippen molar-refractivity contribution in [1.29, 1.82) is 0 Å². The first-order valence-electron chi connectivity index (χ1n) is 14.1. The lowest BCUT2D eigenvalue weighted by Gasteiger charge is -2.59. The van der Waals surface area contributed by atoms with Crippen LogP contribution in [0.15, 0.2) is 25.3 Å². The van der Waals surface area contributed by atoms with Gasteiger partial charge in [0.05, 0.1) is 38.0 Å². The number of anilines is 2. The summed E-state index contributed by atoms with van der Waals surface area (Å²) in [6, 6.07) is -0.723. The summed E-state index contributed by atoms with van der Waals surface area (Å²) in [5, 5.41) is 22.8. The molecule has 8 N–H and O–H groups in total. The molecule has 2 saturated heterocycles. The summed E-state index contributed by atoms with van der Waals surface area (Å²) in [7, 11) is -4.87. The van der Waals surface area contributed by atoms with Crippen molar-refractivity contribution in [2.45, 2.75) is 49.2 Å². The Morgan fingerprint density at radius 3 is 2.15 bits per heavy atom. The van der Waals surface area contributed by atoms with Crippen LogP contribution < -0.4 is 11.5 Å². The van der Waals surface area contributed by atoms with Crippen LogP contribution in [0.2, 0.25) is 0 Å². The summed E-state index contributed by atoms with van der Waals surface area (Å²) >= 11 is 5.35. The third-order valence-corrected chi connectivity index (χ3v) is 11.8. The molecule has 3 saturated carbocycles. The third kappa shape index (κ3) is 4.85. The van der Waals surface area contributed by atoms with Crippen LogP contribution in [0.1, 0.15) is 18.7 Å². The molecule has 0 radical (unpaired) electrons. The van der Waals surface area contributed by atoms with Crippen molar-refractivity contribution in [3.8, 4) is 0 Å². The van der Waals surface area contributed by atoms with E-state index in [1.165, 1.54) is 29.9 Å². The van der Waals surface area contributed by atoms with Crippen molar-refractivity contribution < 1.29 is 47.4 Å². The van der Waals surface area contributed by atoms with Gasteiger partial charge in [-0.25, -0.2) is 34.5 Å². The maximum Gasteiger partial charge on any atom is 0.472 e. The van der Waals surface area contributed by atoms with Crippen molar-refractivity contribution in [2.75, 3.05) is 24.7 Å². The van der Waals surface area contributed by atoms with E-state index in [9.17, 15) is 24.6 Å². The highest BCUT2D eigenvalue weighted by molar-refractivity contribution is 8.07. The lowest BCUT2D eigenvalue weighted by Crippen LogP contribution is -2.62. The van der Waals surface area contributed by atoms with Gasteiger partial charge >= 0.3 is 14.5 Å². The van der Waals surface area contributed by atoms with E-state index in [1.54, 1.807) is 4.57 Å². The number of phosphoric ester groups is 1. The molecule has 6 heterocycles. The van der Waals surface area contributed by atoms with Crippen LogP contribution in [0, 0.1) is 17.8 Å². The standard InChI is InChI=1S/C23H28N10O10P2S/c24-19-12-21(28-4-26-19)32(6-30-12)14-8-1-9-10(8)2-39-44(36,37)42-18-15(34)11(3-40-45(38,46)43-17(9)16(14)35)41-23(18)33-7-31-13-20(25)27-5-29-22(13)33/h4-11,14-18,23,34-35H,1-3H2,(H,36,37)(H,38,46)(H2,24,26,28)(H2,25,27,29)/t8-,9-,10-,11+,14+,15+,16-,17+,18+,23+,45?/m0/s1. The van der Waals surface area contributed by atoms with Gasteiger partial charge in [-0.2, -0.15) is 0 Å². The van der Waals surface area contributed by atoms with Gasteiger partial charge in [0.1, 0.15) is 48.1 Å². The summed E-state index contributed by atoms with van der Waals surface area (Å²) in [6.45, 7) is -4.89. The Bertz CT molecular complexity index is 1930. The van der Waals surface area contributed by atoms with Gasteiger partial charge in [-0.1, -0.05) is 0 Å². The zero-order chi connectivity index (χ0) is 32.1. The number of aromatic nitrogens is 8. The Kier molecular flexibility index (Phi) is 7.22. The van der Waals surface area contributed by atoms with Gasteiger partial charge in [-0.3, -0.25) is 13.6 Å². The maximum absolute atomic E-state index is 13.4. The lowest BCUT2D eigenvalue weighted by molar-refractivity contribution is -0.185. The van der Waals surface area contributed by atoms with E-state index in [0.29, 0.717) is 17.6 Å².